The summed E-state index contributed by atoms with van der Waals surface area (Å²) in [5.74, 6) is -1.41. The van der Waals surface area contributed by atoms with E-state index >= 15 is 0 Å². The highest BCUT2D eigenvalue weighted by Gasteiger charge is 2.12. The zero-order valence-corrected chi connectivity index (χ0v) is 10.2. The summed E-state index contributed by atoms with van der Waals surface area (Å²) in [5, 5.41) is 4.89. The molecular formula is C12H17N3O3. The van der Waals surface area contributed by atoms with E-state index in [1.165, 1.54) is 0 Å². The average Bonchev–Trinajstić information content (AvgIpc) is 2.36. The van der Waals surface area contributed by atoms with Crippen LogP contribution in [0.15, 0.2) is 24.3 Å². The molecular weight excluding hydrogens is 234 g/mol. The van der Waals surface area contributed by atoms with E-state index in [9.17, 15) is 9.59 Å². The summed E-state index contributed by atoms with van der Waals surface area (Å²) in [6.07, 6.45) is 0. The Morgan fingerprint density at radius 2 is 2.11 bits per heavy atom. The minimum Gasteiger partial charge on any atom is -0.380 e. The van der Waals surface area contributed by atoms with Crippen LogP contribution in [0.1, 0.15) is 5.56 Å². The molecule has 98 valence electrons. The quantitative estimate of drug-likeness (QED) is 0.634. The molecule has 0 atom stereocenters. The molecule has 0 radical (unpaired) electrons. The second-order valence-electron chi connectivity index (χ2n) is 3.63. The van der Waals surface area contributed by atoms with Gasteiger partial charge in [-0.05, 0) is 17.7 Å². The van der Waals surface area contributed by atoms with Crippen molar-refractivity contribution in [2.24, 2.45) is 5.73 Å². The maximum atomic E-state index is 11.5. The van der Waals surface area contributed by atoms with Crippen LogP contribution in [0, 0.1) is 0 Å². The van der Waals surface area contributed by atoms with E-state index in [4.69, 9.17) is 10.5 Å². The molecule has 0 unspecified atom stereocenters. The first kappa shape index (κ1) is 14.1. The fraction of sp³-hybridized carbons (Fsp3) is 0.333. The van der Waals surface area contributed by atoms with Crippen LogP contribution < -0.4 is 16.4 Å². The van der Waals surface area contributed by atoms with Crippen molar-refractivity contribution in [2.75, 3.05) is 25.5 Å². The van der Waals surface area contributed by atoms with E-state index in [2.05, 4.69) is 10.6 Å². The van der Waals surface area contributed by atoms with E-state index in [1.807, 2.05) is 6.07 Å². The summed E-state index contributed by atoms with van der Waals surface area (Å²) in [6, 6.07) is 7.10. The number of hydrogen-bond donors (Lipinski definition) is 3. The molecule has 0 aliphatic heterocycles. The molecule has 0 aliphatic carbocycles. The molecule has 0 saturated heterocycles. The van der Waals surface area contributed by atoms with Gasteiger partial charge in [0.25, 0.3) is 0 Å². The van der Waals surface area contributed by atoms with Gasteiger partial charge >= 0.3 is 11.8 Å². The second kappa shape index (κ2) is 7.41. The molecule has 0 bridgehead atoms. The Balaban J connectivity index is 2.58. The largest absolute Gasteiger partial charge is 0.380 e. The van der Waals surface area contributed by atoms with E-state index in [0.717, 1.165) is 5.56 Å². The summed E-state index contributed by atoms with van der Waals surface area (Å²) < 4.78 is 4.98. The van der Waals surface area contributed by atoms with Crippen molar-refractivity contribution in [2.45, 2.75) is 6.61 Å². The molecule has 0 saturated carbocycles. The summed E-state index contributed by atoms with van der Waals surface area (Å²) in [6.45, 7) is 1.02. The first-order valence-electron chi connectivity index (χ1n) is 5.54. The third kappa shape index (κ3) is 4.52. The van der Waals surface area contributed by atoms with Crippen molar-refractivity contribution >= 4 is 17.5 Å². The molecule has 0 heterocycles. The molecule has 0 aromatic heterocycles. The Kier molecular flexibility index (Phi) is 5.83. The Labute approximate surface area is 105 Å². The number of carbonyl (C=O) groups is 2. The Morgan fingerprint density at radius 1 is 1.33 bits per heavy atom. The zero-order chi connectivity index (χ0) is 13.4. The normalized spacial score (nSPS) is 9.89. The first-order chi connectivity index (χ1) is 8.67. The van der Waals surface area contributed by atoms with Gasteiger partial charge in [0, 0.05) is 25.9 Å². The van der Waals surface area contributed by atoms with Gasteiger partial charge in [0.2, 0.25) is 0 Å². The number of benzene rings is 1. The van der Waals surface area contributed by atoms with Crippen LogP contribution in [-0.4, -0.2) is 32.0 Å². The lowest BCUT2D eigenvalue weighted by Crippen LogP contribution is -2.37. The van der Waals surface area contributed by atoms with E-state index < -0.39 is 11.8 Å². The number of amides is 2. The number of rotatable bonds is 5. The summed E-state index contributed by atoms with van der Waals surface area (Å²) in [5.41, 5.74) is 6.69. The summed E-state index contributed by atoms with van der Waals surface area (Å²) in [4.78, 5) is 22.8. The van der Waals surface area contributed by atoms with Gasteiger partial charge < -0.3 is 21.1 Å². The van der Waals surface area contributed by atoms with Crippen LogP contribution in [0.25, 0.3) is 0 Å². The number of nitrogens with one attached hydrogen (secondary N) is 2. The minimum absolute atomic E-state index is 0.274. The Hall–Kier alpha value is -1.92. The molecule has 1 aromatic rings. The fourth-order valence-electron chi connectivity index (χ4n) is 1.36. The number of ether oxygens (including phenoxy) is 1. The SMILES string of the molecule is COCc1cccc(NC(=O)C(=O)NCCN)c1. The number of anilines is 1. The van der Waals surface area contributed by atoms with Gasteiger partial charge in [-0.1, -0.05) is 12.1 Å². The van der Waals surface area contributed by atoms with E-state index in [1.54, 1.807) is 25.3 Å². The predicted octanol–water partition coefficient (Wildman–Crippen LogP) is -0.154. The smallest absolute Gasteiger partial charge is 0.313 e. The summed E-state index contributed by atoms with van der Waals surface area (Å²) >= 11 is 0. The molecule has 6 nitrogen and oxygen atoms in total. The molecule has 1 aromatic carbocycles. The number of nitrogens with two attached hydrogens (primary N) is 1. The minimum atomic E-state index is -0.710. The standard InChI is InChI=1S/C12H17N3O3/c1-18-8-9-3-2-4-10(7-9)15-12(17)11(16)14-6-5-13/h2-4,7H,5-6,8,13H2,1H3,(H,14,16)(H,15,17). The van der Waals surface area contributed by atoms with Crippen molar-refractivity contribution in [3.05, 3.63) is 29.8 Å². The van der Waals surface area contributed by atoms with E-state index in [0.29, 0.717) is 18.8 Å². The first-order valence-corrected chi connectivity index (χ1v) is 5.54. The number of carbonyl (C=O) groups excluding carboxylic acids is 2. The highest BCUT2D eigenvalue weighted by Crippen LogP contribution is 2.11. The Bertz CT molecular complexity index is 421. The maximum Gasteiger partial charge on any atom is 0.313 e. The van der Waals surface area contributed by atoms with Gasteiger partial charge in [0.1, 0.15) is 0 Å². The topological polar surface area (TPSA) is 93.4 Å². The van der Waals surface area contributed by atoms with E-state index in [-0.39, 0.29) is 6.54 Å². The lowest BCUT2D eigenvalue weighted by molar-refractivity contribution is -0.136. The molecule has 0 spiro atoms. The molecule has 18 heavy (non-hydrogen) atoms. The predicted molar refractivity (Wildman–Crippen MR) is 67.8 cm³/mol. The highest BCUT2D eigenvalue weighted by atomic mass is 16.5. The highest BCUT2D eigenvalue weighted by molar-refractivity contribution is 6.39. The van der Waals surface area contributed by atoms with Crippen LogP contribution in [0.2, 0.25) is 0 Å². The van der Waals surface area contributed by atoms with Crippen molar-refractivity contribution in [1.29, 1.82) is 0 Å². The van der Waals surface area contributed by atoms with Gasteiger partial charge in [-0.3, -0.25) is 9.59 Å². The van der Waals surface area contributed by atoms with Crippen molar-refractivity contribution in [1.82, 2.24) is 5.32 Å². The Morgan fingerprint density at radius 3 is 2.78 bits per heavy atom. The third-order valence-electron chi connectivity index (χ3n) is 2.13. The van der Waals surface area contributed by atoms with Crippen LogP contribution in [0.5, 0.6) is 0 Å². The second-order valence-corrected chi connectivity index (χ2v) is 3.63. The number of methoxy groups -OCH3 is 1. The molecule has 0 aliphatic rings. The average molecular weight is 251 g/mol. The molecule has 1 rings (SSSR count). The van der Waals surface area contributed by atoms with Crippen molar-refractivity contribution < 1.29 is 14.3 Å². The lowest BCUT2D eigenvalue weighted by atomic mass is 10.2. The summed E-state index contributed by atoms with van der Waals surface area (Å²) in [7, 11) is 1.59. The zero-order valence-electron chi connectivity index (χ0n) is 10.2. The van der Waals surface area contributed by atoms with Gasteiger partial charge in [0.15, 0.2) is 0 Å². The fourth-order valence-corrected chi connectivity index (χ4v) is 1.36. The molecule has 4 N–H and O–H groups in total. The van der Waals surface area contributed by atoms with Gasteiger partial charge in [-0.25, -0.2) is 0 Å². The maximum absolute atomic E-state index is 11.5. The third-order valence-corrected chi connectivity index (χ3v) is 2.13. The van der Waals surface area contributed by atoms with Crippen molar-refractivity contribution in [3.8, 4) is 0 Å². The lowest BCUT2D eigenvalue weighted by Gasteiger charge is -2.07. The van der Waals surface area contributed by atoms with Crippen molar-refractivity contribution in [3.63, 3.8) is 0 Å². The van der Waals surface area contributed by atoms with Crippen LogP contribution >= 0.6 is 0 Å². The van der Waals surface area contributed by atoms with Gasteiger partial charge in [-0.2, -0.15) is 0 Å². The number of hydrogen-bond acceptors (Lipinski definition) is 4. The van der Waals surface area contributed by atoms with Crippen LogP contribution in [-0.2, 0) is 20.9 Å². The molecule has 2 amide bonds. The monoisotopic (exact) mass is 251 g/mol. The van der Waals surface area contributed by atoms with Gasteiger partial charge in [-0.15, -0.1) is 0 Å². The molecule has 0 fully saturated rings. The van der Waals surface area contributed by atoms with Crippen LogP contribution in [0.3, 0.4) is 0 Å². The molecule has 6 heteroatoms. The van der Waals surface area contributed by atoms with Crippen LogP contribution in [0.4, 0.5) is 5.69 Å². The van der Waals surface area contributed by atoms with Gasteiger partial charge in [0.05, 0.1) is 6.61 Å².